The lowest BCUT2D eigenvalue weighted by Crippen LogP contribution is -2.52. The third kappa shape index (κ3) is 4.48. The molecular formula is C24H20N4O8. The number of imide groups is 1. The summed E-state index contributed by atoms with van der Waals surface area (Å²) < 4.78 is 0. The molecule has 1 fully saturated rings. The molecule has 0 aromatic heterocycles. The molecular weight excluding hydrogens is 472 g/mol. The zero-order chi connectivity index (χ0) is 26.1. The second-order valence-corrected chi connectivity index (χ2v) is 8.59. The first kappa shape index (κ1) is 24.4. The van der Waals surface area contributed by atoms with Gasteiger partial charge in [-0.1, -0.05) is 11.6 Å². The van der Waals surface area contributed by atoms with E-state index in [4.69, 9.17) is 0 Å². The van der Waals surface area contributed by atoms with Crippen LogP contribution in [-0.2, 0) is 9.59 Å². The summed E-state index contributed by atoms with van der Waals surface area (Å²) in [6.07, 6.45) is 2.54. The van der Waals surface area contributed by atoms with E-state index in [1.807, 2.05) is 13.0 Å². The lowest BCUT2D eigenvalue weighted by Gasteiger charge is -2.30. The van der Waals surface area contributed by atoms with Crippen LogP contribution in [0.15, 0.2) is 60.2 Å². The fourth-order valence-corrected chi connectivity index (χ4v) is 4.36. The fourth-order valence-electron chi connectivity index (χ4n) is 4.36. The molecule has 0 unspecified atom stereocenters. The second kappa shape index (κ2) is 9.49. The molecule has 184 valence electrons. The molecule has 12 heteroatoms. The number of hydrazine groups is 1. The van der Waals surface area contributed by atoms with Crippen LogP contribution in [0.4, 0.5) is 11.4 Å². The molecule has 12 nitrogen and oxygen atoms in total. The van der Waals surface area contributed by atoms with Gasteiger partial charge in [-0.25, -0.2) is 5.01 Å². The Kier molecular flexibility index (Phi) is 6.43. The number of Topliss-reactive ketones (excluding diaryl/α,β-unsaturated/α-hetero) is 1. The average molecular weight is 492 g/mol. The standard InChI is InChI=1S/C24H20N4O8/c1-14-2-11-19-20(12-14)24(32)26(23(19)31)25(22(30)16-5-9-18(10-6-16)28(35)36)13-21(29)15-3-7-17(8-4-15)27(33)34/h2-10,19-20H,11-13H2,1H3/t19-,20+/m1/s1. The summed E-state index contributed by atoms with van der Waals surface area (Å²) in [5, 5.41) is 23.3. The number of hydrogen-bond acceptors (Lipinski definition) is 8. The molecule has 36 heavy (non-hydrogen) atoms. The van der Waals surface area contributed by atoms with Crippen molar-refractivity contribution >= 4 is 34.9 Å². The van der Waals surface area contributed by atoms with Gasteiger partial charge in [-0.05, 0) is 44.0 Å². The molecule has 0 radical (unpaired) electrons. The first-order valence-corrected chi connectivity index (χ1v) is 11.0. The normalized spacial score (nSPS) is 18.9. The minimum Gasteiger partial charge on any atom is -0.292 e. The van der Waals surface area contributed by atoms with Gasteiger partial charge in [0.05, 0.1) is 21.7 Å². The van der Waals surface area contributed by atoms with Crippen LogP contribution < -0.4 is 0 Å². The molecule has 4 rings (SSSR count). The highest BCUT2D eigenvalue weighted by Gasteiger charge is 2.51. The SMILES string of the molecule is CC1=CC[C@H]2C(=O)N(N(CC(=O)c3ccc([N+](=O)[O-])cc3)C(=O)c3ccc([N+](=O)[O-])cc3)C(=O)[C@H]2C1. The molecule has 2 aromatic carbocycles. The van der Waals surface area contributed by atoms with Crippen LogP contribution in [-0.4, -0.2) is 49.9 Å². The molecule has 0 N–H and O–H groups in total. The van der Waals surface area contributed by atoms with Crippen LogP contribution in [0, 0.1) is 32.1 Å². The lowest BCUT2D eigenvalue weighted by molar-refractivity contribution is -0.385. The van der Waals surface area contributed by atoms with E-state index in [9.17, 15) is 39.4 Å². The van der Waals surface area contributed by atoms with E-state index in [0.717, 1.165) is 34.8 Å². The summed E-state index contributed by atoms with van der Waals surface area (Å²) >= 11 is 0. The predicted molar refractivity (Wildman–Crippen MR) is 123 cm³/mol. The Hall–Kier alpha value is -4.74. The van der Waals surface area contributed by atoms with Gasteiger partial charge in [0.2, 0.25) is 0 Å². The number of amides is 3. The van der Waals surface area contributed by atoms with Gasteiger partial charge in [0.15, 0.2) is 5.78 Å². The largest absolute Gasteiger partial charge is 0.292 e. The Bertz CT molecular complexity index is 1320. The highest BCUT2D eigenvalue weighted by Crippen LogP contribution is 2.38. The molecule has 2 aromatic rings. The fraction of sp³-hybridized carbons (Fsp3) is 0.250. The number of fused-ring (bicyclic) bond motifs is 1. The smallest absolute Gasteiger partial charge is 0.273 e. The number of carbonyl (C=O) groups excluding carboxylic acids is 4. The number of non-ortho nitro benzene ring substituents is 2. The Morgan fingerprint density at radius 1 is 0.889 bits per heavy atom. The van der Waals surface area contributed by atoms with Crippen LogP contribution in [0.1, 0.15) is 40.5 Å². The second-order valence-electron chi connectivity index (χ2n) is 8.59. The van der Waals surface area contributed by atoms with Crippen molar-refractivity contribution in [3.63, 3.8) is 0 Å². The average Bonchev–Trinajstić information content (AvgIpc) is 3.11. The monoisotopic (exact) mass is 492 g/mol. The maximum Gasteiger partial charge on any atom is 0.273 e. The molecule has 3 amide bonds. The van der Waals surface area contributed by atoms with Crippen molar-refractivity contribution in [2.24, 2.45) is 11.8 Å². The number of nitro benzene ring substituents is 2. The van der Waals surface area contributed by atoms with Crippen LogP contribution in [0.5, 0.6) is 0 Å². The van der Waals surface area contributed by atoms with Crippen LogP contribution in [0.25, 0.3) is 0 Å². The zero-order valence-corrected chi connectivity index (χ0v) is 19.0. The van der Waals surface area contributed by atoms with Gasteiger partial charge in [-0.2, -0.15) is 5.01 Å². The topological polar surface area (TPSA) is 161 Å². The number of ketones is 1. The molecule has 2 atom stereocenters. The number of hydrogen-bond donors (Lipinski definition) is 0. The Labute approximate surface area is 204 Å². The minimum absolute atomic E-state index is 0.0381. The summed E-state index contributed by atoms with van der Waals surface area (Å²) in [4.78, 5) is 73.6. The first-order valence-electron chi connectivity index (χ1n) is 11.0. The third-order valence-corrected chi connectivity index (χ3v) is 6.29. The number of benzene rings is 2. The number of nitrogens with zero attached hydrogens (tertiary/aromatic N) is 4. The van der Waals surface area contributed by atoms with Crippen LogP contribution >= 0.6 is 0 Å². The van der Waals surface area contributed by atoms with Crippen molar-refractivity contribution in [1.29, 1.82) is 0 Å². The summed E-state index contributed by atoms with van der Waals surface area (Å²) in [5.41, 5.74) is 0.413. The minimum atomic E-state index is -0.870. The number of carbonyl (C=O) groups is 4. The maximum absolute atomic E-state index is 13.4. The van der Waals surface area contributed by atoms with E-state index in [1.165, 1.54) is 24.3 Å². The first-order chi connectivity index (χ1) is 17.1. The molecule has 1 heterocycles. The highest BCUT2D eigenvalue weighted by molar-refractivity contribution is 6.09. The van der Waals surface area contributed by atoms with E-state index in [1.54, 1.807) is 0 Å². The number of rotatable bonds is 7. The van der Waals surface area contributed by atoms with E-state index in [0.29, 0.717) is 17.9 Å². The van der Waals surface area contributed by atoms with Crippen molar-refractivity contribution in [3.05, 3.63) is 91.5 Å². The van der Waals surface area contributed by atoms with Gasteiger partial charge < -0.3 is 0 Å². The van der Waals surface area contributed by atoms with Gasteiger partial charge in [0.1, 0.15) is 6.54 Å². The molecule has 1 aliphatic carbocycles. The van der Waals surface area contributed by atoms with E-state index >= 15 is 0 Å². The van der Waals surface area contributed by atoms with E-state index in [-0.39, 0.29) is 22.5 Å². The van der Waals surface area contributed by atoms with Gasteiger partial charge in [0, 0.05) is 35.4 Å². The Morgan fingerprint density at radius 3 is 1.92 bits per heavy atom. The van der Waals surface area contributed by atoms with Crippen LogP contribution in [0.2, 0.25) is 0 Å². The van der Waals surface area contributed by atoms with Crippen LogP contribution in [0.3, 0.4) is 0 Å². The molecule has 0 spiro atoms. The van der Waals surface area contributed by atoms with Crippen molar-refractivity contribution in [3.8, 4) is 0 Å². The van der Waals surface area contributed by atoms with E-state index in [2.05, 4.69) is 0 Å². The lowest BCUT2D eigenvalue weighted by atomic mass is 9.82. The molecule has 0 bridgehead atoms. The zero-order valence-electron chi connectivity index (χ0n) is 19.0. The summed E-state index contributed by atoms with van der Waals surface area (Å²) in [5.74, 6) is -4.08. The molecule has 0 saturated carbocycles. The summed E-state index contributed by atoms with van der Waals surface area (Å²) in [7, 11) is 0. The van der Waals surface area contributed by atoms with Crippen molar-refractivity contribution in [2.75, 3.05) is 6.54 Å². The van der Waals surface area contributed by atoms with Gasteiger partial charge in [-0.15, -0.1) is 0 Å². The predicted octanol–water partition coefficient (Wildman–Crippen LogP) is 3.08. The Balaban J connectivity index is 1.68. The molecule has 1 aliphatic heterocycles. The van der Waals surface area contributed by atoms with Gasteiger partial charge in [-0.3, -0.25) is 39.4 Å². The van der Waals surface area contributed by atoms with Crippen molar-refractivity contribution < 1.29 is 29.0 Å². The maximum atomic E-state index is 13.4. The van der Waals surface area contributed by atoms with Gasteiger partial charge >= 0.3 is 0 Å². The van der Waals surface area contributed by atoms with E-state index < -0.39 is 51.7 Å². The number of nitro groups is 2. The van der Waals surface area contributed by atoms with Crippen molar-refractivity contribution in [1.82, 2.24) is 10.0 Å². The van der Waals surface area contributed by atoms with Gasteiger partial charge in [0.25, 0.3) is 29.1 Å². The Morgan fingerprint density at radius 2 is 1.39 bits per heavy atom. The molecule has 2 aliphatic rings. The summed E-state index contributed by atoms with van der Waals surface area (Å²) in [6, 6.07) is 9.25. The molecule has 1 saturated heterocycles. The highest BCUT2D eigenvalue weighted by atomic mass is 16.6. The summed E-state index contributed by atoms with van der Waals surface area (Å²) in [6.45, 7) is 1.14. The number of allylic oxidation sites excluding steroid dienone is 2. The third-order valence-electron chi connectivity index (χ3n) is 6.29. The quantitative estimate of drug-likeness (QED) is 0.187. The van der Waals surface area contributed by atoms with Crippen molar-refractivity contribution in [2.45, 2.75) is 19.8 Å².